The predicted octanol–water partition coefficient (Wildman–Crippen LogP) is 3.78. The number of aryl methyl sites for hydroxylation is 1. The highest BCUT2D eigenvalue weighted by atomic mass is 35.5. The first kappa shape index (κ1) is 28.8. The summed E-state index contributed by atoms with van der Waals surface area (Å²) in [6.45, 7) is 2.56. The summed E-state index contributed by atoms with van der Waals surface area (Å²) in [5.74, 6) is 0.989. The van der Waals surface area contributed by atoms with Crippen molar-refractivity contribution in [1.82, 2.24) is 19.2 Å². The Morgan fingerprint density at radius 3 is 2.79 bits per heavy atom. The van der Waals surface area contributed by atoms with Crippen molar-refractivity contribution in [3.05, 3.63) is 58.3 Å². The van der Waals surface area contributed by atoms with E-state index in [0.29, 0.717) is 19.7 Å². The lowest BCUT2D eigenvalue weighted by Gasteiger charge is -2.33. The van der Waals surface area contributed by atoms with Gasteiger partial charge in [-0.3, -0.25) is 4.79 Å². The normalized spacial score (nSPS) is 17.2. The van der Waals surface area contributed by atoms with Crippen LogP contribution in [0.2, 0.25) is 10.0 Å². The van der Waals surface area contributed by atoms with Crippen molar-refractivity contribution in [2.24, 2.45) is 5.73 Å². The fourth-order valence-electron chi connectivity index (χ4n) is 4.79. The summed E-state index contributed by atoms with van der Waals surface area (Å²) in [5.41, 5.74) is 8.19. The Balaban J connectivity index is 1.38. The molecule has 0 spiro atoms. The number of fused-ring (bicyclic) bond motifs is 1. The van der Waals surface area contributed by atoms with Gasteiger partial charge in [0.2, 0.25) is 15.9 Å². The number of rotatable bonds is 11. The third kappa shape index (κ3) is 6.86. The van der Waals surface area contributed by atoms with E-state index in [0.717, 1.165) is 42.7 Å². The van der Waals surface area contributed by atoms with Crippen molar-refractivity contribution in [1.29, 1.82) is 0 Å². The van der Waals surface area contributed by atoms with Gasteiger partial charge in [-0.15, -0.1) is 0 Å². The molecule has 4 rings (SSSR count). The molecule has 0 aliphatic carbocycles. The number of halogens is 2. The maximum Gasteiger partial charge on any atom is 0.240 e. The number of nitrogens with zero attached hydrogens (tertiary/aromatic N) is 3. The second-order valence-corrected chi connectivity index (χ2v) is 12.1. The summed E-state index contributed by atoms with van der Waals surface area (Å²) in [6, 6.07) is 11.4. The predicted molar refractivity (Wildman–Crippen MR) is 149 cm³/mol. The Bertz CT molecular complexity index is 1380. The molecular formula is C26H33Cl2N5O4S. The van der Waals surface area contributed by atoms with E-state index >= 15 is 0 Å². The Labute approximate surface area is 233 Å². The number of hydrogen-bond donors (Lipinski definition) is 2. The number of methoxy groups -OCH3 is 1. The van der Waals surface area contributed by atoms with Crippen LogP contribution < -0.4 is 10.5 Å². The van der Waals surface area contributed by atoms with Crippen LogP contribution >= 0.6 is 23.2 Å². The molecule has 0 saturated carbocycles. The number of piperidine rings is 1. The fraction of sp³-hybridized carbons (Fsp3) is 0.462. The molecule has 1 fully saturated rings. The molecule has 1 aliphatic rings. The van der Waals surface area contributed by atoms with Crippen LogP contribution in [0.25, 0.3) is 11.0 Å². The molecule has 3 N–H and O–H groups in total. The molecule has 1 aromatic heterocycles. The average Bonchev–Trinajstić information content (AvgIpc) is 3.28. The first-order valence-corrected chi connectivity index (χ1v) is 14.9. The van der Waals surface area contributed by atoms with Gasteiger partial charge in [0.25, 0.3) is 0 Å². The molecule has 38 heavy (non-hydrogen) atoms. The van der Waals surface area contributed by atoms with E-state index < -0.39 is 16.1 Å². The molecule has 0 bridgehead atoms. The smallest absolute Gasteiger partial charge is 0.240 e. The summed E-state index contributed by atoms with van der Waals surface area (Å²) in [4.78, 5) is 19.9. The third-order valence-electron chi connectivity index (χ3n) is 6.73. The van der Waals surface area contributed by atoms with Crippen molar-refractivity contribution in [2.75, 3.05) is 33.4 Å². The molecule has 1 aliphatic heterocycles. The Hall–Kier alpha value is -2.21. The van der Waals surface area contributed by atoms with Crippen LogP contribution in [-0.4, -0.2) is 68.2 Å². The number of likely N-dealkylation sites (tertiary alicyclic amines) is 1. The number of aromatic nitrogens is 2. The van der Waals surface area contributed by atoms with Gasteiger partial charge < -0.3 is 19.9 Å². The first-order valence-electron chi connectivity index (χ1n) is 12.6. The second-order valence-electron chi connectivity index (χ2n) is 9.53. The molecule has 2 atom stereocenters. The summed E-state index contributed by atoms with van der Waals surface area (Å²) in [6.07, 6.45) is 2.69. The van der Waals surface area contributed by atoms with Crippen LogP contribution in [0.3, 0.4) is 0 Å². The summed E-state index contributed by atoms with van der Waals surface area (Å²) >= 11 is 11.8. The molecule has 1 amide bonds. The van der Waals surface area contributed by atoms with E-state index in [4.69, 9.17) is 38.7 Å². The van der Waals surface area contributed by atoms with E-state index in [1.165, 1.54) is 18.2 Å². The minimum atomic E-state index is -3.85. The number of carbonyl (C=O) groups excluding carboxylic acids is 1. The number of imidazole rings is 1. The Morgan fingerprint density at radius 1 is 1.24 bits per heavy atom. The molecule has 206 valence electrons. The maximum absolute atomic E-state index is 13.1. The topological polar surface area (TPSA) is 120 Å². The Morgan fingerprint density at radius 2 is 2.03 bits per heavy atom. The van der Waals surface area contributed by atoms with Gasteiger partial charge in [0.1, 0.15) is 5.82 Å². The highest BCUT2D eigenvalue weighted by Crippen LogP contribution is 2.30. The lowest BCUT2D eigenvalue weighted by atomic mass is 9.96. The number of amides is 1. The summed E-state index contributed by atoms with van der Waals surface area (Å²) < 4.78 is 35.2. The second kappa shape index (κ2) is 12.8. The van der Waals surface area contributed by atoms with Gasteiger partial charge in [0.15, 0.2) is 0 Å². The van der Waals surface area contributed by atoms with E-state index in [2.05, 4.69) is 15.4 Å². The highest BCUT2D eigenvalue weighted by molar-refractivity contribution is 7.89. The van der Waals surface area contributed by atoms with Crippen LogP contribution in [0.4, 0.5) is 0 Å². The average molecular weight is 583 g/mol. The summed E-state index contributed by atoms with van der Waals surface area (Å²) in [5, 5.41) is 0.402. The van der Waals surface area contributed by atoms with Crippen LogP contribution in [0.5, 0.6) is 0 Å². The van der Waals surface area contributed by atoms with E-state index in [1.54, 1.807) is 7.11 Å². The molecule has 12 heteroatoms. The van der Waals surface area contributed by atoms with Crippen molar-refractivity contribution in [3.8, 4) is 0 Å². The van der Waals surface area contributed by atoms with Gasteiger partial charge in [-0.05, 0) is 49.6 Å². The zero-order valence-corrected chi connectivity index (χ0v) is 23.6. The zero-order valence-electron chi connectivity index (χ0n) is 21.3. The molecule has 2 heterocycles. The van der Waals surface area contributed by atoms with Gasteiger partial charge in [0, 0.05) is 58.3 Å². The fourth-order valence-corrected chi connectivity index (χ4v) is 6.28. The highest BCUT2D eigenvalue weighted by Gasteiger charge is 2.29. The van der Waals surface area contributed by atoms with Crippen LogP contribution in [0.1, 0.15) is 37.4 Å². The molecule has 0 unspecified atom stereocenters. The van der Waals surface area contributed by atoms with Crippen LogP contribution in [-0.2, 0) is 26.1 Å². The SMILES string of the molecule is COCCCn1c([C@@H]2CCCN(C(=O)C[C@H](N)CNS(=O)(=O)c3ccc(Cl)c(Cl)c3)C2)nc2ccccc21. The lowest BCUT2D eigenvalue weighted by molar-refractivity contribution is -0.132. The van der Waals surface area contributed by atoms with Crippen LogP contribution in [0, 0.1) is 0 Å². The van der Waals surface area contributed by atoms with Gasteiger partial charge >= 0.3 is 0 Å². The summed E-state index contributed by atoms with van der Waals surface area (Å²) in [7, 11) is -2.15. The van der Waals surface area contributed by atoms with Gasteiger partial charge in [-0.25, -0.2) is 18.1 Å². The standard InChI is InChI=1S/C26H33Cl2N5O4S/c1-37-13-5-12-33-24-8-3-2-7-23(24)31-26(33)18-6-4-11-32(17-18)25(34)14-19(29)16-30-38(35,36)20-9-10-21(27)22(28)15-20/h2-3,7-10,15,18-19,30H,4-6,11-14,16-17,29H2,1H3/t18-,19+/m1/s1. The molecular weight excluding hydrogens is 549 g/mol. The third-order valence-corrected chi connectivity index (χ3v) is 8.89. The Kier molecular flexibility index (Phi) is 9.67. The lowest BCUT2D eigenvalue weighted by Crippen LogP contribution is -2.45. The number of hydrogen-bond acceptors (Lipinski definition) is 6. The number of sulfonamides is 1. The molecule has 9 nitrogen and oxygen atoms in total. The van der Waals surface area contributed by atoms with Gasteiger partial charge in [0.05, 0.1) is 26.0 Å². The van der Waals surface area contributed by atoms with Gasteiger partial charge in [-0.1, -0.05) is 35.3 Å². The zero-order chi connectivity index (χ0) is 27.3. The van der Waals surface area contributed by atoms with Crippen LogP contribution in [0.15, 0.2) is 47.4 Å². The number of para-hydroxylation sites is 2. The number of nitrogens with one attached hydrogen (secondary N) is 1. The number of nitrogens with two attached hydrogens (primary N) is 1. The first-order chi connectivity index (χ1) is 18.2. The van der Waals surface area contributed by atoms with Crippen molar-refractivity contribution in [3.63, 3.8) is 0 Å². The minimum Gasteiger partial charge on any atom is -0.385 e. The minimum absolute atomic E-state index is 0.0160. The quantitative estimate of drug-likeness (QED) is 0.332. The van der Waals surface area contributed by atoms with Gasteiger partial charge in [-0.2, -0.15) is 0 Å². The number of ether oxygens (including phenoxy) is 1. The van der Waals surface area contributed by atoms with Crippen molar-refractivity contribution >= 4 is 50.2 Å². The molecule has 0 radical (unpaired) electrons. The molecule has 3 aromatic rings. The number of carbonyl (C=O) groups is 1. The largest absolute Gasteiger partial charge is 0.385 e. The molecule has 1 saturated heterocycles. The number of benzene rings is 2. The van der Waals surface area contributed by atoms with E-state index in [9.17, 15) is 13.2 Å². The maximum atomic E-state index is 13.1. The monoisotopic (exact) mass is 581 g/mol. The van der Waals surface area contributed by atoms with E-state index in [-0.39, 0.29) is 39.7 Å². The van der Waals surface area contributed by atoms with E-state index in [1.807, 2.05) is 23.1 Å². The van der Waals surface area contributed by atoms with Crippen molar-refractivity contribution in [2.45, 2.75) is 49.1 Å². The molecule has 2 aromatic carbocycles. The van der Waals surface area contributed by atoms with Crippen molar-refractivity contribution < 1.29 is 17.9 Å².